The Kier molecular flexibility index (Phi) is 5.81. The van der Waals surface area contributed by atoms with Crippen LogP contribution < -0.4 is 5.32 Å². The largest absolute Gasteiger partial charge is 0.480 e. The first kappa shape index (κ1) is 24.6. The van der Waals surface area contributed by atoms with Gasteiger partial charge < -0.3 is 14.7 Å². The van der Waals surface area contributed by atoms with Crippen LogP contribution in [0.5, 0.6) is 0 Å². The summed E-state index contributed by atoms with van der Waals surface area (Å²) in [4.78, 5) is 37.6. The van der Waals surface area contributed by atoms with E-state index in [1.54, 1.807) is 19.2 Å². The smallest absolute Gasteiger partial charge is 0.420 e. The first-order valence-electron chi connectivity index (χ1n) is 11.0. The molecule has 0 radical (unpaired) electrons. The van der Waals surface area contributed by atoms with Crippen molar-refractivity contribution in [1.82, 2.24) is 10.2 Å². The molecule has 1 aliphatic carbocycles. The summed E-state index contributed by atoms with van der Waals surface area (Å²) >= 11 is 0. The van der Waals surface area contributed by atoms with Crippen LogP contribution in [0.25, 0.3) is 11.1 Å². The van der Waals surface area contributed by atoms with E-state index >= 15 is 0 Å². The molecule has 186 valence electrons. The molecular weight excluding hydrogens is 465 g/mol. The van der Waals surface area contributed by atoms with Gasteiger partial charge in [-0.2, -0.15) is 13.2 Å². The number of ether oxygens (including phenoxy) is 1. The number of hydrogen-bond donors (Lipinski definition) is 2. The minimum Gasteiger partial charge on any atom is -0.480 e. The number of benzene rings is 2. The van der Waals surface area contributed by atoms with Crippen LogP contribution in [0.4, 0.5) is 18.0 Å². The van der Waals surface area contributed by atoms with Gasteiger partial charge in [0, 0.05) is 17.9 Å². The van der Waals surface area contributed by atoms with E-state index in [2.05, 4.69) is 0 Å². The normalized spacial score (nSPS) is 20.2. The topological polar surface area (TPSA) is 95.9 Å². The molecule has 2 aromatic rings. The number of alkyl carbamates (subject to hydrolysis) is 1. The number of hydrogen-bond acceptors (Lipinski definition) is 4. The maximum absolute atomic E-state index is 14.0. The highest BCUT2D eigenvalue weighted by Crippen LogP contribution is 2.45. The predicted molar refractivity (Wildman–Crippen MR) is 120 cm³/mol. The summed E-state index contributed by atoms with van der Waals surface area (Å²) in [6, 6.07) is 13.5. The van der Waals surface area contributed by atoms with Crippen LogP contribution in [0.3, 0.4) is 0 Å². The summed E-state index contributed by atoms with van der Waals surface area (Å²) in [5.41, 5.74) is -0.607. The second kappa shape index (κ2) is 8.28. The van der Waals surface area contributed by atoms with Gasteiger partial charge in [0.05, 0.1) is 0 Å². The molecule has 2 aliphatic rings. The summed E-state index contributed by atoms with van der Waals surface area (Å²) in [5.74, 6) is -3.35. The number of amides is 2. The van der Waals surface area contributed by atoms with Gasteiger partial charge in [0.1, 0.15) is 12.6 Å². The second-order valence-electron chi connectivity index (χ2n) is 9.74. The average molecular weight is 490 g/mol. The first-order chi connectivity index (χ1) is 16.3. The Bertz CT molecular complexity index is 1150. The number of fused-ring (bicyclic) bond motifs is 3. The molecule has 2 amide bonds. The van der Waals surface area contributed by atoms with Crippen LogP contribution in [-0.2, 0) is 14.3 Å². The molecule has 1 aliphatic heterocycles. The van der Waals surface area contributed by atoms with E-state index in [0.29, 0.717) is 11.8 Å². The number of rotatable bonds is 5. The molecule has 0 saturated carbocycles. The fraction of sp³-hybridized carbons (Fsp3) is 0.400. The highest BCUT2D eigenvalue weighted by molar-refractivity contribution is 5.95. The van der Waals surface area contributed by atoms with Crippen molar-refractivity contribution in [2.45, 2.75) is 44.4 Å². The zero-order chi connectivity index (χ0) is 25.8. The number of carboxylic acid groups (broad SMARTS) is 1. The molecule has 10 heteroatoms. The SMILES string of the molecule is CC1(C)CN(C(=O)C(C)(NC(=O)OCC2c3ccccc3-c3ccccc32)C(F)(F)F)C1C(=O)O. The summed E-state index contributed by atoms with van der Waals surface area (Å²) in [5, 5.41) is 11.1. The van der Waals surface area contributed by atoms with Gasteiger partial charge in [0.2, 0.25) is 5.54 Å². The Morgan fingerprint density at radius 3 is 2.03 bits per heavy atom. The maximum atomic E-state index is 14.0. The Morgan fingerprint density at radius 2 is 1.57 bits per heavy atom. The number of likely N-dealkylation sites (tertiary alicyclic amines) is 1. The molecule has 35 heavy (non-hydrogen) atoms. The van der Waals surface area contributed by atoms with Crippen molar-refractivity contribution in [2.75, 3.05) is 13.2 Å². The molecule has 2 aromatic carbocycles. The number of carboxylic acids is 1. The molecule has 1 heterocycles. The Morgan fingerprint density at radius 1 is 1.06 bits per heavy atom. The van der Waals surface area contributed by atoms with E-state index in [9.17, 15) is 32.7 Å². The number of halogens is 3. The minimum atomic E-state index is -5.20. The van der Waals surface area contributed by atoms with Crippen LogP contribution in [0.2, 0.25) is 0 Å². The van der Waals surface area contributed by atoms with E-state index in [1.165, 1.54) is 0 Å². The van der Waals surface area contributed by atoms with Crippen molar-refractivity contribution in [3.05, 3.63) is 59.7 Å². The van der Waals surface area contributed by atoms with E-state index in [1.807, 2.05) is 48.5 Å². The van der Waals surface area contributed by atoms with Gasteiger partial charge in [-0.25, -0.2) is 9.59 Å². The van der Waals surface area contributed by atoms with Crippen molar-refractivity contribution < 1.29 is 37.4 Å². The zero-order valence-electron chi connectivity index (χ0n) is 19.3. The quantitative estimate of drug-likeness (QED) is 0.656. The van der Waals surface area contributed by atoms with Crippen molar-refractivity contribution in [1.29, 1.82) is 0 Å². The minimum absolute atomic E-state index is 0.194. The maximum Gasteiger partial charge on any atom is 0.420 e. The van der Waals surface area contributed by atoms with Gasteiger partial charge in [0.25, 0.3) is 5.91 Å². The highest BCUT2D eigenvalue weighted by atomic mass is 19.4. The van der Waals surface area contributed by atoms with Crippen molar-refractivity contribution in [3.8, 4) is 11.1 Å². The molecule has 1 saturated heterocycles. The lowest BCUT2D eigenvalue weighted by Crippen LogP contribution is -2.75. The van der Waals surface area contributed by atoms with Crippen LogP contribution in [0, 0.1) is 5.41 Å². The number of nitrogens with zero attached hydrogens (tertiary/aromatic N) is 1. The molecule has 7 nitrogen and oxygen atoms in total. The Labute approximate surface area is 199 Å². The van der Waals surface area contributed by atoms with Crippen LogP contribution in [0.15, 0.2) is 48.5 Å². The lowest BCUT2D eigenvalue weighted by molar-refractivity contribution is -0.212. The number of nitrogens with one attached hydrogen (secondary N) is 1. The van der Waals surface area contributed by atoms with Gasteiger partial charge in [0.15, 0.2) is 0 Å². The molecule has 2 N–H and O–H groups in total. The Hall–Kier alpha value is -3.56. The van der Waals surface area contributed by atoms with E-state index in [-0.39, 0.29) is 19.1 Å². The molecule has 1 fully saturated rings. The standard InChI is InChI=1S/C25H25F3N2O5/c1-23(2)13-30(19(23)20(31)32)21(33)24(3,25(26,27)28)29-22(34)35-12-18-16-10-6-4-8-14(16)15-9-5-7-11-17(15)18/h4-11,18-19H,12-13H2,1-3H3,(H,29,34)(H,31,32). The third kappa shape index (κ3) is 4.00. The summed E-state index contributed by atoms with van der Waals surface area (Å²) in [6.45, 7) is 3.16. The Balaban J connectivity index is 1.52. The zero-order valence-corrected chi connectivity index (χ0v) is 19.3. The van der Waals surface area contributed by atoms with Crippen LogP contribution in [-0.4, -0.2) is 58.9 Å². The van der Waals surface area contributed by atoms with E-state index < -0.39 is 41.1 Å². The van der Waals surface area contributed by atoms with E-state index in [0.717, 1.165) is 22.3 Å². The number of alkyl halides is 3. The fourth-order valence-corrected chi connectivity index (χ4v) is 4.95. The number of carbonyl (C=O) groups is 3. The highest BCUT2D eigenvalue weighted by Gasteiger charge is 2.64. The molecule has 2 unspecified atom stereocenters. The van der Waals surface area contributed by atoms with Crippen LogP contribution in [0.1, 0.15) is 37.8 Å². The molecule has 0 bridgehead atoms. The fourth-order valence-electron chi connectivity index (χ4n) is 4.95. The molecule has 0 aromatic heterocycles. The van der Waals surface area contributed by atoms with Gasteiger partial charge in [-0.1, -0.05) is 62.4 Å². The van der Waals surface area contributed by atoms with Gasteiger partial charge >= 0.3 is 18.2 Å². The lowest BCUT2D eigenvalue weighted by Gasteiger charge is -2.53. The average Bonchev–Trinajstić information content (AvgIpc) is 3.08. The van der Waals surface area contributed by atoms with Crippen LogP contribution >= 0.6 is 0 Å². The van der Waals surface area contributed by atoms with E-state index in [4.69, 9.17) is 4.74 Å². The summed E-state index contributed by atoms with van der Waals surface area (Å²) in [6.07, 6.45) is -6.62. The van der Waals surface area contributed by atoms with Gasteiger partial charge in [-0.15, -0.1) is 0 Å². The van der Waals surface area contributed by atoms with Gasteiger partial charge in [-0.05, 0) is 29.2 Å². The third-order valence-electron chi connectivity index (χ3n) is 6.81. The monoisotopic (exact) mass is 490 g/mol. The first-order valence-corrected chi connectivity index (χ1v) is 11.0. The predicted octanol–water partition coefficient (Wildman–Crippen LogP) is 4.17. The van der Waals surface area contributed by atoms with Crippen molar-refractivity contribution in [3.63, 3.8) is 0 Å². The van der Waals surface area contributed by atoms with Crippen molar-refractivity contribution in [2.24, 2.45) is 5.41 Å². The lowest BCUT2D eigenvalue weighted by atomic mass is 9.73. The molecule has 4 rings (SSSR count). The summed E-state index contributed by atoms with van der Waals surface area (Å²) in [7, 11) is 0. The van der Waals surface area contributed by atoms with Crippen molar-refractivity contribution >= 4 is 18.0 Å². The molecule has 2 atom stereocenters. The number of carbonyl (C=O) groups excluding carboxylic acids is 2. The summed E-state index contributed by atoms with van der Waals surface area (Å²) < 4.78 is 47.3. The molecule has 0 spiro atoms. The van der Waals surface area contributed by atoms with Gasteiger partial charge in [-0.3, -0.25) is 10.1 Å². The second-order valence-corrected chi connectivity index (χ2v) is 9.74. The third-order valence-corrected chi connectivity index (χ3v) is 6.81. The molecular formula is C25H25F3N2O5. The number of aliphatic carboxylic acids is 1.